The van der Waals surface area contributed by atoms with Gasteiger partial charge in [-0.3, -0.25) is 9.59 Å². The molecule has 2 amide bonds. The van der Waals surface area contributed by atoms with E-state index in [0.29, 0.717) is 37.2 Å². The smallest absolute Gasteiger partial charge is 0.475 e. The van der Waals surface area contributed by atoms with E-state index in [1.54, 1.807) is 4.90 Å². The number of hydrogen-bond donors (Lipinski definition) is 4. The Morgan fingerprint density at radius 2 is 1.69 bits per heavy atom. The summed E-state index contributed by atoms with van der Waals surface area (Å²) in [5, 5.41) is 24.6. The number of piperidine rings is 1. The van der Waals surface area contributed by atoms with Gasteiger partial charge in [0.05, 0.1) is 17.2 Å². The molecule has 42 heavy (non-hydrogen) atoms. The molecule has 1 fully saturated rings. The molecule has 3 aliphatic rings. The highest BCUT2D eigenvalue weighted by Crippen LogP contribution is 2.33. The molecule has 9 nitrogen and oxygen atoms in total. The van der Waals surface area contributed by atoms with Gasteiger partial charge in [-0.15, -0.1) is 0 Å². The molecule has 0 unspecified atom stereocenters. The summed E-state index contributed by atoms with van der Waals surface area (Å²) in [6, 6.07) is 12.5. The van der Waals surface area contributed by atoms with Crippen LogP contribution in [0.5, 0.6) is 0 Å². The van der Waals surface area contributed by atoms with E-state index in [0.717, 1.165) is 4.90 Å². The lowest BCUT2D eigenvalue weighted by Crippen LogP contribution is -2.65. The van der Waals surface area contributed by atoms with Crippen molar-refractivity contribution in [2.24, 2.45) is 0 Å². The maximum absolute atomic E-state index is 13.2. The number of aliphatic hydroxyl groups excluding tert-OH is 1. The summed E-state index contributed by atoms with van der Waals surface area (Å²) in [4.78, 5) is 37.1. The number of alkyl halides is 6. The van der Waals surface area contributed by atoms with Gasteiger partial charge in [0.1, 0.15) is 6.54 Å². The van der Waals surface area contributed by atoms with Gasteiger partial charge in [-0.25, -0.2) is 4.79 Å². The first-order valence-corrected chi connectivity index (χ1v) is 12.9. The fraction of sp³-hybridized carbons (Fsp3) is 0.444. The van der Waals surface area contributed by atoms with Crippen molar-refractivity contribution in [1.82, 2.24) is 15.1 Å². The zero-order valence-electron chi connectivity index (χ0n) is 22.1. The summed E-state index contributed by atoms with van der Waals surface area (Å²) in [6.45, 7) is 0.0126. The Bertz CT molecular complexity index is 1350. The number of carboxylic acid groups (broad SMARTS) is 1. The number of rotatable bonds is 2. The van der Waals surface area contributed by atoms with E-state index in [4.69, 9.17) is 9.90 Å². The minimum absolute atomic E-state index is 0.0904. The van der Waals surface area contributed by atoms with Gasteiger partial charge in [-0.05, 0) is 42.2 Å². The van der Waals surface area contributed by atoms with Crippen molar-refractivity contribution in [3.8, 4) is 0 Å². The highest BCUT2D eigenvalue weighted by Gasteiger charge is 2.45. The summed E-state index contributed by atoms with van der Waals surface area (Å²) in [6.07, 6.45) is -9.06. The van der Waals surface area contributed by atoms with E-state index >= 15 is 0 Å². The molecule has 5 rings (SSSR count). The average molecular weight is 603 g/mol. The number of carboxylic acids is 1. The summed E-state index contributed by atoms with van der Waals surface area (Å²) in [7, 11) is 0. The third kappa shape index (κ3) is 6.95. The molecule has 1 spiro atoms. The lowest BCUT2D eigenvalue weighted by atomic mass is 9.76. The predicted molar refractivity (Wildman–Crippen MR) is 137 cm³/mol. The molecule has 2 atom stereocenters. The van der Waals surface area contributed by atoms with E-state index in [9.17, 15) is 41.0 Å². The van der Waals surface area contributed by atoms with Crippen LogP contribution in [-0.4, -0.2) is 94.5 Å². The van der Waals surface area contributed by atoms with Gasteiger partial charge in [0, 0.05) is 44.0 Å². The molecule has 3 heterocycles. The molecule has 3 aliphatic heterocycles. The maximum Gasteiger partial charge on any atom is 0.490 e. The van der Waals surface area contributed by atoms with E-state index < -0.39 is 42.4 Å². The number of benzene rings is 2. The number of likely N-dealkylation sites (tertiary alicyclic amines) is 1. The topological polar surface area (TPSA) is 122 Å². The molecule has 0 saturated carbocycles. The van der Waals surface area contributed by atoms with Gasteiger partial charge >= 0.3 is 18.3 Å². The van der Waals surface area contributed by atoms with Crippen LogP contribution < -0.4 is 10.6 Å². The molecule has 0 bridgehead atoms. The van der Waals surface area contributed by atoms with Crippen LogP contribution in [0.15, 0.2) is 42.5 Å². The highest BCUT2D eigenvalue weighted by molar-refractivity contribution is 6.03. The monoisotopic (exact) mass is 602 g/mol. The van der Waals surface area contributed by atoms with Crippen molar-refractivity contribution < 1.29 is 50.9 Å². The van der Waals surface area contributed by atoms with Gasteiger partial charge in [0.25, 0.3) is 11.8 Å². The third-order valence-corrected chi connectivity index (χ3v) is 7.50. The molecular formula is C27H28F6N4O5. The molecule has 0 aliphatic carbocycles. The number of aliphatic carboxylic acids is 1. The first kappa shape index (κ1) is 31.1. The SMILES string of the molecule is O=C(O)C(F)(F)F.O=C(c1ccc2c(c1)NCCN(CC(F)(F)F)C2=O)N1CC[C@]2(Cc3ccccc3CN2)[C@H](O)C1. The number of aliphatic hydroxyl groups is 1. The molecule has 228 valence electrons. The number of fused-ring (bicyclic) bond motifs is 2. The molecular weight excluding hydrogens is 574 g/mol. The minimum Gasteiger partial charge on any atom is -0.475 e. The highest BCUT2D eigenvalue weighted by atomic mass is 19.4. The zero-order chi connectivity index (χ0) is 30.9. The summed E-state index contributed by atoms with van der Waals surface area (Å²) < 4.78 is 70.3. The number of halogens is 6. The van der Waals surface area contributed by atoms with Gasteiger partial charge in [-0.1, -0.05) is 24.3 Å². The largest absolute Gasteiger partial charge is 0.490 e. The minimum atomic E-state index is -5.08. The summed E-state index contributed by atoms with van der Waals surface area (Å²) in [5.41, 5.74) is 2.68. The van der Waals surface area contributed by atoms with Crippen molar-refractivity contribution in [1.29, 1.82) is 0 Å². The van der Waals surface area contributed by atoms with Crippen LogP contribution in [0.2, 0.25) is 0 Å². The zero-order valence-corrected chi connectivity index (χ0v) is 22.1. The number of anilines is 1. The van der Waals surface area contributed by atoms with Crippen LogP contribution in [0.25, 0.3) is 0 Å². The molecule has 0 aromatic heterocycles. The van der Waals surface area contributed by atoms with Crippen molar-refractivity contribution >= 4 is 23.5 Å². The second-order valence-corrected chi connectivity index (χ2v) is 10.3. The van der Waals surface area contributed by atoms with E-state index in [-0.39, 0.29) is 31.1 Å². The Balaban J connectivity index is 0.000000517. The number of hydrogen-bond acceptors (Lipinski definition) is 6. The maximum atomic E-state index is 13.2. The van der Waals surface area contributed by atoms with Gasteiger partial charge < -0.3 is 30.6 Å². The van der Waals surface area contributed by atoms with Crippen LogP contribution in [0, 0.1) is 0 Å². The fourth-order valence-corrected chi connectivity index (χ4v) is 5.31. The number of carbonyl (C=O) groups excluding carboxylic acids is 2. The molecule has 15 heteroatoms. The Labute approximate surface area is 236 Å². The first-order valence-electron chi connectivity index (χ1n) is 12.9. The Morgan fingerprint density at radius 1 is 1.02 bits per heavy atom. The van der Waals surface area contributed by atoms with Crippen molar-refractivity contribution in [2.45, 2.75) is 43.4 Å². The van der Waals surface area contributed by atoms with E-state index in [1.165, 1.54) is 29.3 Å². The van der Waals surface area contributed by atoms with E-state index in [1.807, 2.05) is 12.1 Å². The second kappa shape index (κ2) is 11.8. The van der Waals surface area contributed by atoms with Gasteiger partial charge in [-0.2, -0.15) is 26.3 Å². The molecule has 0 radical (unpaired) electrons. The lowest BCUT2D eigenvalue weighted by Gasteiger charge is -2.48. The molecule has 2 aromatic rings. The second-order valence-electron chi connectivity index (χ2n) is 10.3. The average Bonchev–Trinajstić information content (AvgIpc) is 3.06. The molecule has 4 N–H and O–H groups in total. The van der Waals surface area contributed by atoms with Crippen molar-refractivity contribution in [3.63, 3.8) is 0 Å². The summed E-state index contributed by atoms with van der Waals surface area (Å²) in [5.74, 6) is -3.77. The number of amides is 2. The van der Waals surface area contributed by atoms with Crippen LogP contribution >= 0.6 is 0 Å². The van der Waals surface area contributed by atoms with Crippen molar-refractivity contribution in [3.05, 3.63) is 64.7 Å². The summed E-state index contributed by atoms with van der Waals surface area (Å²) >= 11 is 0. The van der Waals surface area contributed by atoms with Crippen LogP contribution in [0.1, 0.15) is 38.3 Å². The normalized spacial score (nSPS) is 22.3. The number of β-amino-alcohol motifs (C(OH)–C–C–N with tert-alkyl or cyclic N) is 1. The molecule has 2 aromatic carbocycles. The Morgan fingerprint density at radius 3 is 2.31 bits per heavy atom. The van der Waals surface area contributed by atoms with E-state index in [2.05, 4.69) is 22.8 Å². The van der Waals surface area contributed by atoms with Gasteiger partial charge in [0.15, 0.2) is 0 Å². The first-order chi connectivity index (χ1) is 19.6. The standard InChI is InChI=1S/C25H27F3N4O3.C2HF3O2/c26-25(27,28)15-32-10-8-29-20-11-16(5-6-19(20)23(32)35)22(34)31-9-7-24(21(33)14-31)12-17-3-1-2-4-18(17)13-30-24;3-2(4,5)1(6)7/h1-6,11,21,29-30,33H,7-10,12-15H2;(H,6,7)/t21-,24+;/m1./s1. The van der Waals surface area contributed by atoms with Crippen LogP contribution in [0.3, 0.4) is 0 Å². The third-order valence-electron chi connectivity index (χ3n) is 7.50. The van der Waals surface area contributed by atoms with Gasteiger partial charge in [0.2, 0.25) is 0 Å². The van der Waals surface area contributed by atoms with Crippen LogP contribution in [-0.2, 0) is 17.8 Å². The molecule has 1 saturated heterocycles. The number of carbonyl (C=O) groups is 3. The number of nitrogens with zero attached hydrogens (tertiary/aromatic N) is 2. The quantitative estimate of drug-likeness (QED) is 0.390. The lowest BCUT2D eigenvalue weighted by molar-refractivity contribution is -0.192. The van der Waals surface area contributed by atoms with Crippen molar-refractivity contribution in [2.75, 3.05) is 38.0 Å². The van der Waals surface area contributed by atoms with Crippen LogP contribution in [0.4, 0.5) is 32.0 Å². The predicted octanol–water partition coefficient (Wildman–Crippen LogP) is 3.04. The number of nitrogens with one attached hydrogen (secondary N) is 2. The Hall–Kier alpha value is -3.85. The fourth-order valence-electron chi connectivity index (χ4n) is 5.31. The Kier molecular flexibility index (Phi) is 8.73.